The van der Waals surface area contributed by atoms with E-state index in [4.69, 9.17) is 0 Å². The summed E-state index contributed by atoms with van der Waals surface area (Å²) in [5, 5.41) is 5.94. The topological polar surface area (TPSA) is 44.4 Å². The third kappa shape index (κ3) is 5.26. The standard InChI is InChI=1S/C15H22FN3O.ClH/c1-17-10-13-6-4-8-19(13)11-15(20)18-9-12-5-2-3-7-14(12)16;/h2-3,5,7,13,17H,4,6,8-11H2,1H3,(H,18,20);1H. The molecule has 118 valence electrons. The summed E-state index contributed by atoms with van der Waals surface area (Å²) in [6.07, 6.45) is 2.26. The van der Waals surface area contributed by atoms with E-state index >= 15 is 0 Å². The van der Waals surface area contributed by atoms with Gasteiger partial charge in [-0.1, -0.05) is 18.2 Å². The number of hydrogen-bond donors (Lipinski definition) is 2. The Morgan fingerprint density at radius 1 is 1.43 bits per heavy atom. The zero-order valence-electron chi connectivity index (χ0n) is 12.3. The smallest absolute Gasteiger partial charge is 0.234 e. The number of likely N-dealkylation sites (tertiary alicyclic amines) is 1. The van der Waals surface area contributed by atoms with Gasteiger partial charge < -0.3 is 10.6 Å². The minimum absolute atomic E-state index is 0. The Kier molecular flexibility index (Phi) is 7.64. The van der Waals surface area contributed by atoms with E-state index in [2.05, 4.69) is 15.5 Å². The molecule has 0 aromatic heterocycles. The van der Waals surface area contributed by atoms with Crippen molar-refractivity contribution in [2.75, 3.05) is 26.7 Å². The maximum absolute atomic E-state index is 13.4. The molecule has 1 unspecified atom stereocenters. The van der Waals surface area contributed by atoms with Crippen LogP contribution in [-0.2, 0) is 11.3 Å². The molecule has 2 N–H and O–H groups in total. The van der Waals surface area contributed by atoms with Crippen LogP contribution in [-0.4, -0.2) is 43.5 Å². The number of hydrogen-bond acceptors (Lipinski definition) is 3. The van der Waals surface area contributed by atoms with Crippen LogP contribution in [0.2, 0.25) is 0 Å². The number of nitrogens with one attached hydrogen (secondary N) is 2. The minimum Gasteiger partial charge on any atom is -0.351 e. The van der Waals surface area contributed by atoms with Gasteiger partial charge in [-0.15, -0.1) is 12.4 Å². The Hall–Kier alpha value is -1.17. The molecule has 0 aliphatic carbocycles. The zero-order chi connectivity index (χ0) is 14.4. The lowest BCUT2D eigenvalue weighted by atomic mass is 10.2. The highest BCUT2D eigenvalue weighted by molar-refractivity contribution is 5.85. The molecule has 1 aliphatic heterocycles. The number of carbonyl (C=O) groups excluding carboxylic acids is 1. The Balaban J connectivity index is 0.00000220. The summed E-state index contributed by atoms with van der Waals surface area (Å²) < 4.78 is 13.4. The highest BCUT2D eigenvalue weighted by Crippen LogP contribution is 2.15. The average Bonchev–Trinajstić information content (AvgIpc) is 2.86. The van der Waals surface area contributed by atoms with Crippen molar-refractivity contribution in [3.63, 3.8) is 0 Å². The summed E-state index contributed by atoms with van der Waals surface area (Å²) in [5.41, 5.74) is 0.522. The van der Waals surface area contributed by atoms with Gasteiger partial charge in [0.25, 0.3) is 0 Å². The van der Waals surface area contributed by atoms with Gasteiger partial charge in [-0.05, 0) is 32.5 Å². The van der Waals surface area contributed by atoms with Crippen molar-refractivity contribution in [3.8, 4) is 0 Å². The molecular formula is C15H23ClFN3O. The fraction of sp³-hybridized carbons (Fsp3) is 0.533. The molecule has 6 heteroatoms. The van der Waals surface area contributed by atoms with Crippen molar-refractivity contribution in [1.29, 1.82) is 0 Å². The van der Waals surface area contributed by atoms with E-state index in [0.717, 1.165) is 25.9 Å². The van der Waals surface area contributed by atoms with Crippen LogP contribution in [0.25, 0.3) is 0 Å². The molecule has 2 rings (SSSR count). The second-order valence-electron chi connectivity index (χ2n) is 5.19. The third-order valence-corrected chi connectivity index (χ3v) is 3.72. The molecule has 1 fully saturated rings. The molecule has 4 nitrogen and oxygen atoms in total. The number of amides is 1. The first-order valence-electron chi connectivity index (χ1n) is 7.09. The van der Waals surface area contributed by atoms with Crippen molar-refractivity contribution in [1.82, 2.24) is 15.5 Å². The minimum atomic E-state index is -0.276. The Bertz CT molecular complexity index is 458. The SMILES string of the molecule is CNCC1CCCN1CC(=O)NCc1ccccc1F.Cl. The lowest BCUT2D eigenvalue weighted by Gasteiger charge is -2.23. The van der Waals surface area contributed by atoms with Crippen molar-refractivity contribution < 1.29 is 9.18 Å². The van der Waals surface area contributed by atoms with Gasteiger partial charge in [-0.3, -0.25) is 9.69 Å². The van der Waals surface area contributed by atoms with Gasteiger partial charge in [-0.25, -0.2) is 4.39 Å². The maximum atomic E-state index is 13.4. The number of benzene rings is 1. The van der Waals surface area contributed by atoms with E-state index in [1.54, 1.807) is 18.2 Å². The fourth-order valence-electron chi connectivity index (χ4n) is 2.65. The second kappa shape index (κ2) is 8.97. The van der Waals surface area contributed by atoms with Gasteiger partial charge >= 0.3 is 0 Å². The monoisotopic (exact) mass is 315 g/mol. The Morgan fingerprint density at radius 2 is 2.19 bits per heavy atom. The molecule has 1 amide bonds. The summed E-state index contributed by atoms with van der Waals surface area (Å²) in [6, 6.07) is 6.95. The van der Waals surface area contributed by atoms with Gasteiger partial charge in [0.2, 0.25) is 5.91 Å². The number of rotatable bonds is 6. The van der Waals surface area contributed by atoms with Crippen LogP contribution in [0.3, 0.4) is 0 Å². The van der Waals surface area contributed by atoms with Crippen molar-refractivity contribution in [2.24, 2.45) is 0 Å². The first-order valence-corrected chi connectivity index (χ1v) is 7.09. The molecule has 1 aromatic rings. The van der Waals surface area contributed by atoms with E-state index in [-0.39, 0.29) is 30.7 Å². The predicted octanol–water partition coefficient (Wildman–Crippen LogP) is 1.55. The van der Waals surface area contributed by atoms with E-state index in [1.807, 2.05) is 7.05 Å². The summed E-state index contributed by atoms with van der Waals surface area (Å²) in [6.45, 7) is 2.50. The molecule has 0 bridgehead atoms. The highest BCUT2D eigenvalue weighted by Gasteiger charge is 2.25. The number of carbonyl (C=O) groups is 1. The lowest BCUT2D eigenvalue weighted by molar-refractivity contribution is -0.122. The molecule has 1 atom stereocenters. The van der Waals surface area contributed by atoms with Gasteiger partial charge in [0.05, 0.1) is 6.54 Å². The van der Waals surface area contributed by atoms with Gasteiger partial charge in [0.1, 0.15) is 5.82 Å². The average molecular weight is 316 g/mol. The van der Waals surface area contributed by atoms with Crippen molar-refractivity contribution in [2.45, 2.75) is 25.4 Å². The van der Waals surface area contributed by atoms with Crippen LogP contribution >= 0.6 is 12.4 Å². The molecule has 0 spiro atoms. The van der Waals surface area contributed by atoms with E-state index in [1.165, 1.54) is 6.07 Å². The molecule has 1 saturated heterocycles. The largest absolute Gasteiger partial charge is 0.351 e. The lowest BCUT2D eigenvalue weighted by Crippen LogP contribution is -2.43. The number of nitrogens with zero attached hydrogens (tertiary/aromatic N) is 1. The quantitative estimate of drug-likeness (QED) is 0.837. The normalized spacial score (nSPS) is 18.3. The van der Waals surface area contributed by atoms with E-state index < -0.39 is 0 Å². The molecular weight excluding hydrogens is 293 g/mol. The van der Waals surface area contributed by atoms with Gasteiger partial charge in [-0.2, -0.15) is 0 Å². The van der Waals surface area contributed by atoms with Crippen LogP contribution in [0.5, 0.6) is 0 Å². The molecule has 0 radical (unpaired) electrons. The summed E-state index contributed by atoms with van der Waals surface area (Å²) in [7, 11) is 1.93. The first kappa shape index (κ1) is 17.9. The molecule has 0 saturated carbocycles. The van der Waals surface area contributed by atoms with Crippen LogP contribution < -0.4 is 10.6 Å². The molecule has 21 heavy (non-hydrogen) atoms. The highest BCUT2D eigenvalue weighted by atomic mass is 35.5. The second-order valence-corrected chi connectivity index (χ2v) is 5.19. The molecule has 1 heterocycles. The number of likely N-dealkylation sites (N-methyl/N-ethyl adjacent to an activating group) is 1. The first-order chi connectivity index (χ1) is 9.70. The molecule has 1 aliphatic rings. The fourth-order valence-corrected chi connectivity index (χ4v) is 2.65. The van der Waals surface area contributed by atoms with E-state index in [0.29, 0.717) is 18.2 Å². The Morgan fingerprint density at radius 3 is 2.90 bits per heavy atom. The number of halogens is 2. The Labute approximate surface area is 131 Å². The van der Waals surface area contributed by atoms with Gasteiger partial charge in [0, 0.05) is 24.7 Å². The van der Waals surface area contributed by atoms with Crippen LogP contribution in [0.1, 0.15) is 18.4 Å². The van der Waals surface area contributed by atoms with Crippen molar-refractivity contribution in [3.05, 3.63) is 35.6 Å². The summed E-state index contributed by atoms with van der Waals surface area (Å²) in [5.74, 6) is -0.321. The summed E-state index contributed by atoms with van der Waals surface area (Å²) >= 11 is 0. The maximum Gasteiger partial charge on any atom is 0.234 e. The van der Waals surface area contributed by atoms with Crippen LogP contribution in [0.4, 0.5) is 4.39 Å². The van der Waals surface area contributed by atoms with E-state index in [9.17, 15) is 9.18 Å². The molecule has 1 aromatic carbocycles. The zero-order valence-corrected chi connectivity index (χ0v) is 13.1. The van der Waals surface area contributed by atoms with Gasteiger partial charge in [0.15, 0.2) is 0 Å². The predicted molar refractivity (Wildman–Crippen MR) is 84.0 cm³/mol. The summed E-state index contributed by atoms with van der Waals surface area (Å²) in [4.78, 5) is 14.1. The van der Waals surface area contributed by atoms with Crippen molar-refractivity contribution >= 4 is 18.3 Å². The van der Waals surface area contributed by atoms with Crippen LogP contribution in [0.15, 0.2) is 24.3 Å². The third-order valence-electron chi connectivity index (χ3n) is 3.72. The van der Waals surface area contributed by atoms with Crippen LogP contribution in [0, 0.1) is 5.82 Å².